The molecule has 2 unspecified atom stereocenters. The number of urea groups is 1. The van der Waals surface area contributed by atoms with E-state index < -0.39 is 30.4 Å². The highest BCUT2D eigenvalue weighted by molar-refractivity contribution is 5.87. The normalized spacial score (nSPS) is 16.6. The highest BCUT2D eigenvalue weighted by Gasteiger charge is 2.37. The number of rotatable bonds is 10. The summed E-state index contributed by atoms with van der Waals surface area (Å²) >= 11 is 0. The minimum Gasteiger partial charge on any atom is -0.462 e. The van der Waals surface area contributed by atoms with E-state index in [1.165, 1.54) is 12.3 Å². The van der Waals surface area contributed by atoms with Crippen LogP contribution < -0.4 is 0 Å². The molecule has 2 amide bonds. The minimum absolute atomic E-state index is 0.0586. The number of unbranched alkanes of at least 4 members (excludes halogenated alkanes) is 2. The summed E-state index contributed by atoms with van der Waals surface area (Å²) in [4.78, 5) is 37.4. The molecule has 9 heteroatoms. The summed E-state index contributed by atoms with van der Waals surface area (Å²) in [5.41, 5.74) is 0. The first-order valence-corrected chi connectivity index (χ1v) is 8.39. The van der Waals surface area contributed by atoms with E-state index in [9.17, 15) is 24.6 Å². The monoisotopic (exact) mass is 358 g/mol. The van der Waals surface area contributed by atoms with Gasteiger partial charge in [-0.05, 0) is 18.9 Å². The van der Waals surface area contributed by atoms with Crippen LogP contribution in [0.25, 0.3) is 0 Å². The third-order valence-corrected chi connectivity index (χ3v) is 3.50. The van der Waals surface area contributed by atoms with Crippen LogP contribution in [-0.2, 0) is 19.1 Å². The molecule has 0 spiro atoms. The Bertz CT molecular complexity index is 495. The van der Waals surface area contributed by atoms with Gasteiger partial charge in [0.1, 0.15) is 0 Å². The quantitative estimate of drug-likeness (QED) is 0.433. The Hall–Kier alpha value is -2.13. The molecule has 142 valence electrons. The van der Waals surface area contributed by atoms with Gasteiger partial charge >= 0.3 is 18.0 Å². The lowest BCUT2D eigenvalue weighted by Gasteiger charge is -2.34. The van der Waals surface area contributed by atoms with Crippen molar-refractivity contribution in [3.8, 4) is 0 Å². The van der Waals surface area contributed by atoms with E-state index in [-0.39, 0.29) is 19.8 Å². The number of aliphatic hydroxyl groups excluding tert-OH is 2. The van der Waals surface area contributed by atoms with Gasteiger partial charge in [-0.3, -0.25) is 9.80 Å². The highest BCUT2D eigenvalue weighted by atomic mass is 16.6. The Morgan fingerprint density at radius 2 is 1.60 bits per heavy atom. The number of aliphatic hydroxyl groups is 2. The summed E-state index contributed by atoms with van der Waals surface area (Å²) in [6.07, 6.45) is 1.86. The molecule has 2 atom stereocenters. The summed E-state index contributed by atoms with van der Waals surface area (Å²) in [5, 5.41) is 20.0. The molecule has 0 aliphatic carbocycles. The molecule has 0 aromatic rings. The molecule has 0 aromatic heterocycles. The summed E-state index contributed by atoms with van der Waals surface area (Å²) in [6, 6.07) is -0.901. The molecule has 0 bridgehead atoms. The number of nitrogens with zero attached hydrogens (tertiary/aromatic N) is 2. The smallest absolute Gasteiger partial charge is 0.356 e. The Balaban J connectivity index is 2.66. The lowest BCUT2D eigenvalue weighted by Crippen LogP contribution is -2.56. The molecule has 0 saturated heterocycles. The second-order valence-corrected chi connectivity index (χ2v) is 5.52. The SMILES string of the molecule is CCCCOC(=O)C(O)N1C=CCN(C(O)C(=O)OCCCC)C1=O. The van der Waals surface area contributed by atoms with Gasteiger partial charge in [0.05, 0.1) is 13.2 Å². The molecular formula is C16H26N2O7. The maximum atomic E-state index is 12.3. The molecule has 0 aromatic carbocycles. The van der Waals surface area contributed by atoms with Gasteiger partial charge in [0.15, 0.2) is 0 Å². The van der Waals surface area contributed by atoms with E-state index in [1.54, 1.807) is 0 Å². The van der Waals surface area contributed by atoms with Crippen LogP contribution in [0, 0.1) is 0 Å². The number of hydrogen-bond donors (Lipinski definition) is 2. The van der Waals surface area contributed by atoms with Crippen molar-refractivity contribution in [2.45, 2.75) is 52.0 Å². The molecule has 1 aliphatic rings. The average molecular weight is 358 g/mol. The fourth-order valence-corrected chi connectivity index (χ4v) is 1.98. The van der Waals surface area contributed by atoms with E-state index in [4.69, 9.17) is 9.47 Å². The van der Waals surface area contributed by atoms with Crippen molar-refractivity contribution in [1.82, 2.24) is 9.80 Å². The molecule has 0 saturated carbocycles. The number of ether oxygens (including phenoxy) is 2. The van der Waals surface area contributed by atoms with Crippen LogP contribution in [-0.4, -0.2) is 70.2 Å². The lowest BCUT2D eigenvalue weighted by molar-refractivity contribution is -0.164. The van der Waals surface area contributed by atoms with Crippen LogP contribution in [0.3, 0.4) is 0 Å². The summed E-state index contributed by atoms with van der Waals surface area (Å²) in [6.45, 7) is 4.05. The molecule has 0 radical (unpaired) electrons. The molecule has 9 nitrogen and oxygen atoms in total. The second kappa shape index (κ2) is 10.7. The molecule has 0 fully saturated rings. The number of carbonyl (C=O) groups is 3. The third kappa shape index (κ3) is 6.02. The van der Waals surface area contributed by atoms with E-state index in [0.29, 0.717) is 17.7 Å². The van der Waals surface area contributed by atoms with Gasteiger partial charge in [0.2, 0.25) is 12.5 Å². The first-order valence-electron chi connectivity index (χ1n) is 8.39. The van der Waals surface area contributed by atoms with Crippen LogP contribution in [0.1, 0.15) is 39.5 Å². The van der Waals surface area contributed by atoms with Crippen molar-refractivity contribution in [3.05, 3.63) is 12.3 Å². The minimum atomic E-state index is -1.85. The van der Waals surface area contributed by atoms with Crippen molar-refractivity contribution in [1.29, 1.82) is 0 Å². The maximum absolute atomic E-state index is 12.3. The molecule has 25 heavy (non-hydrogen) atoms. The first kappa shape index (κ1) is 20.9. The van der Waals surface area contributed by atoms with Crippen LogP contribution in [0.5, 0.6) is 0 Å². The van der Waals surface area contributed by atoms with Crippen LogP contribution in [0.15, 0.2) is 12.3 Å². The lowest BCUT2D eigenvalue weighted by atomic mass is 10.3. The Kier molecular flexibility index (Phi) is 8.93. The average Bonchev–Trinajstić information content (AvgIpc) is 2.61. The van der Waals surface area contributed by atoms with E-state index >= 15 is 0 Å². The fraction of sp³-hybridized carbons (Fsp3) is 0.688. The van der Waals surface area contributed by atoms with Crippen molar-refractivity contribution in [2.75, 3.05) is 19.8 Å². The molecule has 1 heterocycles. The van der Waals surface area contributed by atoms with Crippen molar-refractivity contribution < 1.29 is 34.1 Å². The topological polar surface area (TPSA) is 117 Å². The number of esters is 2. The number of amides is 2. The largest absolute Gasteiger partial charge is 0.462 e. The van der Waals surface area contributed by atoms with Crippen LogP contribution in [0.4, 0.5) is 4.79 Å². The molecule has 1 rings (SSSR count). The van der Waals surface area contributed by atoms with E-state index in [0.717, 1.165) is 17.7 Å². The molecule has 2 N–H and O–H groups in total. The number of carbonyl (C=O) groups excluding carboxylic acids is 3. The zero-order chi connectivity index (χ0) is 18.8. The fourth-order valence-electron chi connectivity index (χ4n) is 1.98. The van der Waals surface area contributed by atoms with Crippen molar-refractivity contribution in [2.24, 2.45) is 0 Å². The maximum Gasteiger partial charge on any atom is 0.356 e. The van der Waals surface area contributed by atoms with E-state index in [2.05, 4.69) is 0 Å². The van der Waals surface area contributed by atoms with Crippen LogP contribution >= 0.6 is 0 Å². The zero-order valence-electron chi connectivity index (χ0n) is 14.6. The van der Waals surface area contributed by atoms with Gasteiger partial charge in [-0.2, -0.15) is 0 Å². The van der Waals surface area contributed by atoms with E-state index in [1.807, 2.05) is 13.8 Å². The standard InChI is InChI=1S/C16H26N2O7/c1-3-5-10-24-14(21)12(19)17-8-7-9-18(16(17)23)13(20)15(22)25-11-6-4-2/h7-8,12-13,19-20H,3-6,9-11H2,1-2H3. The van der Waals surface area contributed by atoms with Gasteiger partial charge in [0, 0.05) is 12.7 Å². The summed E-state index contributed by atoms with van der Waals surface area (Å²) in [5.74, 6) is -1.94. The summed E-state index contributed by atoms with van der Waals surface area (Å²) in [7, 11) is 0. The Labute approximate surface area is 146 Å². The van der Waals surface area contributed by atoms with Crippen molar-refractivity contribution >= 4 is 18.0 Å². The van der Waals surface area contributed by atoms with Crippen molar-refractivity contribution in [3.63, 3.8) is 0 Å². The molecular weight excluding hydrogens is 332 g/mol. The van der Waals surface area contributed by atoms with Gasteiger partial charge in [-0.15, -0.1) is 0 Å². The third-order valence-electron chi connectivity index (χ3n) is 3.50. The van der Waals surface area contributed by atoms with Gasteiger partial charge in [-0.25, -0.2) is 14.4 Å². The summed E-state index contributed by atoms with van der Waals surface area (Å²) < 4.78 is 9.74. The van der Waals surface area contributed by atoms with Crippen LogP contribution in [0.2, 0.25) is 0 Å². The van der Waals surface area contributed by atoms with Gasteiger partial charge in [0.25, 0.3) is 0 Å². The van der Waals surface area contributed by atoms with Gasteiger partial charge in [-0.1, -0.05) is 26.7 Å². The predicted molar refractivity (Wildman–Crippen MR) is 86.8 cm³/mol. The highest BCUT2D eigenvalue weighted by Crippen LogP contribution is 2.14. The zero-order valence-corrected chi connectivity index (χ0v) is 14.6. The van der Waals surface area contributed by atoms with Gasteiger partial charge < -0.3 is 19.7 Å². The molecule has 1 aliphatic heterocycles. The second-order valence-electron chi connectivity index (χ2n) is 5.52. The number of hydrogen-bond acceptors (Lipinski definition) is 7. The Morgan fingerprint density at radius 1 is 1.08 bits per heavy atom. The Morgan fingerprint density at radius 3 is 2.12 bits per heavy atom. The predicted octanol–water partition coefficient (Wildman–Crippen LogP) is 0.561. The first-order chi connectivity index (χ1) is 11.9.